The molecule has 2 fully saturated rings. The predicted molar refractivity (Wildman–Crippen MR) is 109 cm³/mol. The summed E-state index contributed by atoms with van der Waals surface area (Å²) in [7, 11) is 0. The van der Waals surface area contributed by atoms with E-state index in [1.165, 1.54) is 6.07 Å². The van der Waals surface area contributed by atoms with Crippen molar-refractivity contribution in [1.29, 1.82) is 0 Å². The number of fused-ring (bicyclic) bond motifs is 1. The zero-order valence-corrected chi connectivity index (χ0v) is 16.6. The van der Waals surface area contributed by atoms with Crippen molar-refractivity contribution >= 4 is 17.4 Å². The zero-order chi connectivity index (χ0) is 20.5. The van der Waals surface area contributed by atoms with Gasteiger partial charge in [-0.25, -0.2) is 4.39 Å². The van der Waals surface area contributed by atoms with Gasteiger partial charge >= 0.3 is 0 Å². The third kappa shape index (κ3) is 3.39. The number of carbonyl (C=O) groups excluding carboxylic acids is 1. The summed E-state index contributed by atoms with van der Waals surface area (Å²) in [5.74, 6) is 0.763. The van der Waals surface area contributed by atoms with Crippen LogP contribution in [0.15, 0.2) is 36.4 Å². The molecule has 9 heteroatoms. The fourth-order valence-electron chi connectivity index (χ4n) is 4.20. The molecular formula is C21H23FN6O2. The van der Waals surface area contributed by atoms with Gasteiger partial charge in [-0.2, -0.15) is 4.52 Å². The fourth-order valence-corrected chi connectivity index (χ4v) is 4.20. The van der Waals surface area contributed by atoms with Crippen molar-refractivity contribution in [3.05, 3.63) is 42.2 Å². The molecule has 2 aromatic heterocycles. The number of ether oxygens (including phenoxy) is 1. The van der Waals surface area contributed by atoms with Gasteiger partial charge in [-0.05, 0) is 43.5 Å². The second kappa shape index (κ2) is 7.98. The van der Waals surface area contributed by atoms with Crippen LogP contribution in [0.1, 0.15) is 19.3 Å². The van der Waals surface area contributed by atoms with Crippen LogP contribution in [0.25, 0.3) is 17.0 Å². The molecular weight excluding hydrogens is 387 g/mol. The molecule has 0 aliphatic carbocycles. The minimum absolute atomic E-state index is 0.123. The summed E-state index contributed by atoms with van der Waals surface area (Å²) in [5, 5.41) is 13.0. The van der Waals surface area contributed by atoms with Crippen LogP contribution >= 0.6 is 0 Å². The summed E-state index contributed by atoms with van der Waals surface area (Å²) in [5.41, 5.74) is 0.874. The minimum Gasteiger partial charge on any atom is -0.378 e. The molecule has 2 aliphatic heterocycles. The third-order valence-corrected chi connectivity index (χ3v) is 5.77. The van der Waals surface area contributed by atoms with Gasteiger partial charge in [-0.15, -0.1) is 15.3 Å². The molecule has 1 atom stereocenters. The summed E-state index contributed by atoms with van der Waals surface area (Å²) in [4.78, 5) is 17.1. The number of piperidine rings is 1. The van der Waals surface area contributed by atoms with Crippen LogP contribution in [0, 0.1) is 5.82 Å². The van der Waals surface area contributed by atoms with Crippen molar-refractivity contribution in [3.63, 3.8) is 0 Å². The molecule has 0 bridgehead atoms. The zero-order valence-electron chi connectivity index (χ0n) is 16.6. The van der Waals surface area contributed by atoms with E-state index in [0.29, 0.717) is 49.2 Å². The molecule has 0 N–H and O–H groups in total. The molecule has 3 aromatic rings. The SMILES string of the molecule is O=C(C1CCCCN1c1ccc2nnc(-c3ccccc3F)n2n1)N1CCOCC1. The average Bonchev–Trinajstić information content (AvgIpc) is 3.22. The molecule has 5 rings (SSSR count). The lowest BCUT2D eigenvalue weighted by atomic mass is 10.0. The second-order valence-electron chi connectivity index (χ2n) is 7.61. The van der Waals surface area contributed by atoms with E-state index >= 15 is 0 Å². The molecule has 30 heavy (non-hydrogen) atoms. The third-order valence-electron chi connectivity index (χ3n) is 5.77. The smallest absolute Gasteiger partial charge is 0.245 e. The quantitative estimate of drug-likeness (QED) is 0.659. The lowest BCUT2D eigenvalue weighted by molar-refractivity contribution is -0.137. The van der Waals surface area contributed by atoms with Gasteiger partial charge in [0.05, 0.1) is 18.8 Å². The summed E-state index contributed by atoms with van der Waals surface area (Å²) in [6, 6.07) is 9.86. The molecule has 0 saturated carbocycles. The maximum atomic E-state index is 14.3. The number of hydrogen-bond acceptors (Lipinski definition) is 6. The first-order valence-corrected chi connectivity index (χ1v) is 10.3. The highest BCUT2D eigenvalue weighted by Crippen LogP contribution is 2.27. The van der Waals surface area contributed by atoms with E-state index < -0.39 is 0 Å². The Balaban J connectivity index is 1.50. The number of rotatable bonds is 3. The van der Waals surface area contributed by atoms with Gasteiger partial charge < -0.3 is 14.5 Å². The maximum Gasteiger partial charge on any atom is 0.245 e. The van der Waals surface area contributed by atoms with E-state index in [1.54, 1.807) is 22.7 Å². The molecule has 0 radical (unpaired) electrons. The van der Waals surface area contributed by atoms with Gasteiger partial charge in [0, 0.05) is 19.6 Å². The van der Waals surface area contributed by atoms with Crippen LogP contribution < -0.4 is 4.90 Å². The Morgan fingerprint density at radius 2 is 1.87 bits per heavy atom. The highest BCUT2D eigenvalue weighted by Gasteiger charge is 2.33. The van der Waals surface area contributed by atoms with E-state index in [4.69, 9.17) is 9.84 Å². The first kappa shape index (κ1) is 18.9. The van der Waals surface area contributed by atoms with Gasteiger partial charge in [0.1, 0.15) is 17.7 Å². The molecule has 1 unspecified atom stereocenters. The first-order chi connectivity index (χ1) is 14.7. The van der Waals surface area contributed by atoms with Gasteiger partial charge in [0.15, 0.2) is 11.5 Å². The number of amides is 1. The van der Waals surface area contributed by atoms with E-state index in [1.807, 2.05) is 17.0 Å². The predicted octanol–water partition coefficient (Wildman–Crippen LogP) is 2.15. The van der Waals surface area contributed by atoms with Crippen LogP contribution in [0.4, 0.5) is 10.2 Å². The Hall–Kier alpha value is -3.07. The van der Waals surface area contributed by atoms with Crippen molar-refractivity contribution in [3.8, 4) is 11.4 Å². The Morgan fingerprint density at radius 1 is 1.03 bits per heavy atom. The summed E-state index contributed by atoms with van der Waals surface area (Å²) < 4.78 is 21.3. The molecule has 156 valence electrons. The van der Waals surface area contributed by atoms with Gasteiger partial charge in [0.25, 0.3) is 0 Å². The Morgan fingerprint density at radius 3 is 2.70 bits per heavy atom. The highest BCUT2D eigenvalue weighted by molar-refractivity contribution is 5.85. The molecule has 1 amide bonds. The van der Waals surface area contributed by atoms with E-state index in [-0.39, 0.29) is 17.8 Å². The second-order valence-corrected chi connectivity index (χ2v) is 7.61. The van der Waals surface area contributed by atoms with Crippen LogP contribution in [0.2, 0.25) is 0 Å². The average molecular weight is 410 g/mol. The van der Waals surface area contributed by atoms with E-state index in [0.717, 1.165) is 25.8 Å². The Labute approximate surface area is 173 Å². The summed E-state index contributed by atoms with van der Waals surface area (Å²) in [6.45, 7) is 3.15. The van der Waals surface area contributed by atoms with Gasteiger partial charge in [0.2, 0.25) is 5.91 Å². The standard InChI is InChI=1S/C21H23FN6O2/c22-16-6-2-1-5-15(16)20-24-23-18-8-9-19(25-28(18)20)27-10-4-3-7-17(27)21(29)26-11-13-30-14-12-26/h1-2,5-6,8-9,17H,3-4,7,10-14H2. The van der Waals surface area contributed by atoms with Crippen molar-refractivity contribution in [2.24, 2.45) is 0 Å². The van der Waals surface area contributed by atoms with Crippen LogP contribution in [-0.4, -0.2) is 69.5 Å². The topological polar surface area (TPSA) is 75.9 Å². The van der Waals surface area contributed by atoms with E-state index in [2.05, 4.69) is 15.1 Å². The van der Waals surface area contributed by atoms with Crippen molar-refractivity contribution < 1.29 is 13.9 Å². The van der Waals surface area contributed by atoms with Gasteiger partial charge in [-0.3, -0.25) is 4.79 Å². The molecule has 8 nitrogen and oxygen atoms in total. The lowest BCUT2D eigenvalue weighted by Crippen LogP contribution is -2.54. The number of aromatic nitrogens is 4. The molecule has 1 aromatic carbocycles. The molecule has 2 aliphatic rings. The highest BCUT2D eigenvalue weighted by atomic mass is 19.1. The number of benzene rings is 1. The number of hydrogen-bond donors (Lipinski definition) is 0. The Kier molecular flexibility index (Phi) is 5.04. The lowest BCUT2D eigenvalue weighted by Gasteiger charge is -2.39. The Bertz CT molecular complexity index is 1060. The molecule has 0 spiro atoms. The summed E-state index contributed by atoms with van der Waals surface area (Å²) in [6.07, 6.45) is 2.79. The molecule has 2 saturated heterocycles. The van der Waals surface area contributed by atoms with Crippen molar-refractivity contribution in [2.75, 3.05) is 37.7 Å². The largest absolute Gasteiger partial charge is 0.378 e. The van der Waals surface area contributed by atoms with Gasteiger partial charge in [-0.1, -0.05) is 12.1 Å². The minimum atomic E-state index is -0.377. The number of morpholine rings is 1. The monoisotopic (exact) mass is 410 g/mol. The number of nitrogens with zero attached hydrogens (tertiary/aromatic N) is 6. The summed E-state index contributed by atoms with van der Waals surface area (Å²) >= 11 is 0. The van der Waals surface area contributed by atoms with E-state index in [9.17, 15) is 9.18 Å². The normalized spacial score (nSPS) is 20.0. The maximum absolute atomic E-state index is 14.3. The number of halogens is 1. The number of carbonyl (C=O) groups is 1. The van der Waals surface area contributed by atoms with Crippen molar-refractivity contribution in [1.82, 2.24) is 24.7 Å². The van der Waals surface area contributed by atoms with Crippen LogP contribution in [0.3, 0.4) is 0 Å². The fraction of sp³-hybridized carbons (Fsp3) is 0.429. The van der Waals surface area contributed by atoms with Crippen molar-refractivity contribution in [2.45, 2.75) is 25.3 Å². The first-order valence-electron chi connectivity index (χ1n) is 10.3. The van der Waals surface area contributed by atoms with Crippen LogP contribution in [-0.2, 0) is 9.53 Å². The van der Waals surface area contributed by atoms with Crippen LogP contribution in [0.5, 0.6) is 0 Å². The number of anilines is 1. The molecule has 4 heterocycles.